The molecule has 106 valence electrons. The average molecular weight is 263 g/mol. The largest absolute Gasteiger partial charge is 0.310 e. The van der Waals surface area contributed by atoms with Crippen molar-refractivity contribution in [2.24, 2.45) is 11.8 Å². The van der Waals surface area contributed by atoms with Crippen LogP contribution in [0.15, 0.2) is 24.3 Å². The predicted octanol–water partition coefficient (Wildman–Crippen LogP) is 4.69. The number of rotatable bonds is 5. The molecule has 1 aliphatic carbocycles. The van der Waals surface area contributed by atoms with Gasteiger partial charge in [-0.15, -0.1) is 0 Å². The summed E-state index contributed by atoms with van der Waals surface area (Å²) in [5, 5.41) is 3.63. The fourth-order valence-electron chi connectivity index (χ4n) is 3.18. The van der Waals surface area contributed by atoms with Crippen molar-refractivity contribution in [1.29, 1.82) is 0 Å². The normalized spacial score (nSPS) is 25.2. The highest BCUT2D eigenvalue weighted by Gasteiger charge is 2.26. The van der Waals surface area contributed by atoms with Gasteiger partial charge in [0, 0.05) is 6.04 Å². The van der Waals surface area contributed by atoms with Crippen LogP contribution in [-0.2, 0) is 0 Å². The van der Waals surface area contributed by atoms with Crippen LogP contribution >= 0.6 is 0 Å². The van der Waals surface area contributed by atoms with Crippen LogP contribution in [0.2, 0.25) is 0 Å². The van der Waals surface area contributed by atoms with Crippen molar-refractivity contribution < 1.29 is 4.39 Å². The molecule has 0 aromatic heterocycles. The smallest absolute Gasteiger partial charge is 0.123 e. The summed E-state index contributed by atoms with van der Waals surface area (Å²) in [4.78, 5) is 0. The molecule has 0 saturated heterocycles. The molecule has 1 aromatic carbocycles. The molecule has 0 amide bonds. The van der Waals surface area contributed by atoms with Crippen molar-refractivity contribution in [3.8, 4) is 0 Å². The minimum absolute atomic E-state index is 0.120. The van der Waals surface area contributed by atoms with E-state index in [1.54, 1.807) is 6.07 Å². The van der Waals surface area contributed by atoms with Gasteiger partial charge in [-0.1, -0.05) is 38.8 Å². The van der Waals surface area contributed by atoms with Crippen molar-refractivity contribution in [2.75, 3.05) is 6.54 Å². The zero-order valence-electron chi connectivity index (χ0n) is 12.2. The molecule has 1 aromatic rings. The molecule has 1 saturated carbocycles. The molecule has 1 N–H and O–H groups in total. The third-order valence-electron chi connectivity index (χ3n) is 4.35. The third-order valence-corrected chi connectivity index (χ3v) is 4.35. The van der Waals surface area contributed by atoms with Gasteiger partial charge in [-0.3, -0.25) is 0 Å². The Balaban J connectivity index is 2.11. The van der Waals surface area contributed by atoms with Crippen molar-refractivity contribution in [3.63, 3.8) is 0 Å². The maximum absolute atomic E-state index is 13.5. The van der Waals surface area contributed by atoms with E-state index >= 15 is 0 Å². The summed E-state index contributed by atoms with van der Waals surface area (Å²) in [7, 11) is 0. The van der Waals surface area contributed by atoms with E-state index in [-0.39, 0.29) is 5.82 Å². The molecule has 0 bridgehead atoms. The van der Waals surface area contributed by atoms with Crippen LogP contribution in [0, 0.1) is 17.7 Å². The summed E-state index contributed by atoms with van der Waals surface area (Å²) in [6, 6.07) is 7.45. The lowest BCUT2D eigenvalue weighted by atomic mass is 9.77. The first kappa shape index (κ1) is 14.5. The van der Waals surface area contributed by atoms with Crippen LogP contribution < -0.4 is 5.32 Å². The van der Waals surface area contributed by atoms with Crippen molar-refractivity contribution in [1.82, 2.24) is 5.32 Å². The van der Waals surface area contributed by atoms with E-state index in [0.29, 0.717) is 12.0 Å². The second-order valence-electron chi connectivity index (χ2n) is 6.01. The monoisotopic (exact) mass is 263 g/mol. The number of benzene rings is 1. The number of hydrogen-bond acceptors (Lipinski definition) is 1. The van der Waals surface area contributed by atoms with Crippen LogP contribution in [0.4, 0.5) is 4.39 Å². The van der Waals surface area contributed by atoms with Crippen LogP contribution in [0.25, 0.3) is 0 Å². The van der Waals surface area contributed by atoms with Crippen molar-refractivity contribution in [2.45, 2.75) is 52.0 Å². The Bertz CT molecular complexity index is 383. The number of halogens is 1. The molecule has 1 nitrogen and oxygen atoms in total. The first-order valence-corrected chi connectivity index (χ1v) is 7.69. The maximum Gasteiger partial charge on any atom is 0.123 e. The Morgan fingerprint density at radius 3 is 2.63 bits per heavy atom. The maximum atomic E-state index is 13.5. The van der Waals surface area contributed by atoms with E-state index < -0.39 is 0 Å². The van der Waals surface area contributed by atoms with Crippen LogP contribution in [-0.4, -0.2) is 6.54 Å². The summed E-state index contributed by atoms with van der Waals surface area (Å²) >= 11 is 0. The average Bonchev–Trinajstić information content (AvgIpc) is 2.41. The predicted molar refractivity (Wildman–Crippen MR) is 78.6 cm³/mol. The molecule has 0 spiro atoms. The van der Waals surface area contributed by atoms with Crippen LogP contribution in [0.1, 0.15) is 57.6 Å². The Morgan fingerprint density at radius 2 is 2.00 bits per heavy atom. The minimum Gasteiger partial charge on any atom is -0.310 e. The quantitative estimate of drug-likeness (QED) is 0.812. The molecule has 0 heterocycles. The Morgan fingerprint density at radius 1 is 1.26 bits per heavy atom. The van der Waals surface area contributed by atoms with E-state index in [1.165, 1.54) is 31.7 Å². The molecular weight excluding hydrogens is 237 g/mol. The molecule has 19 heavy (non-hydrogen) atoms. The van der Waals surface area contributed by atoms with Gasteiger partial charge in [0.15, 0.2) is 0 Å². The molecule has 1 fully saturated rings. The minimum atomic E-state index is -0.120. The van der Waals surface area contributed by atoms with Crippen molar-refractivity contribution in [3.05, 3.63) is 35.6 Å². The van der Waals surface area contributed by atoms with Crippen molar-refractivity contribution >= 4 is 0 Å². The molecule has 1 unspecified atom stereocenters. The van der Waals surface area contributed by atoms with Gasteiger partial charge in [-0.05, 0) is 55.3 Å². The van der Waals surface area contributed by atoms with Crippen LogP contribution in [0.5, 0.6) is 0 Å². The van der Waals surface area contributed by atoms with Gasteiger partial charge in [0.25, 0.3) is 0 Å². The molecule has 2 rings (SSSR count). The molecule has 2 heteroatoms. The fraction of sp³-hybridized carbons (Fsp3) is 0.647. The zero-order valence-corrected chi connectivity index (χ0v) is 12.2. The Kier molecular flexibility index (Phi) is 5.38. The first-order valence-electron chi connectivity index (χ1n) is 7.69. The second kappa shape index (κ2) is 7.04. The Hall–Kier alpha value is -0.890. The molecule has 1 aliphatic rings. The highest BCUT2D eigenvalue weighted by molar-refractivity contribution is 5.21. The highest BCUT2D eigenvalue weighted by Crippen LogP contribution is 2.36. The van der Waals surface area contributed by atoms with E-state index in [1.807, 2.05) is 6.07 Å². The SMILES string of the molecule is CCCNC(c1cccc(F)c1)C1CCC(C)CC1. The Labute approximate surface area is 116 Å². The van der Waals surface area contributed by atoms with Gasteiger partial charge >= 0.3 is 0 Å². The van der Waals surface area contributed by atoms with Gasteiger partial charge in [-0.2, -0.15) is 0 Å². The lowest BCUT2D eigenvalue weighted by Gasteiger charge is -2.33. The lowest BCUT2D eigenvalue weighted by Crippen LogP contribution is -2.31. The summed E-state index contributed by atoms with van der Waals surface area (Å²) < 4.78 is 13.5. The fourth-order valence-corrected chi connectivity index (χ4v) is 3.18. The molecular formula is C17H26FN. The molecule has 0 radical (unpaired) electrons. The van der Waals surface area contributed by atoms with Gasteiger partial charge in [0.05, 0.1) is 0 Å². The highest BCUT2D eigenvalue weighted by atomic mass is 19.1. The number of hydrogen-bond donors (Lipinski definition) is 1. The summed E-state index contributed by atoms with van der Waals surface area (Å²) in [5.74, 6) is 1.39. The summed E-state index contributed by atoms with van der Waals surface area (Å²) in [6.07, 6.45) is 6.27. The standard InChI is InChI=1S/C17H26FN/c1-3-11-19-17(14-9-7-13(2)8-10-14)15-5-4-6-16(18)12-15/h4-6,12-14,17,19H,3,7-11H2,1-2H3. The second-order valence-corrected chi connectivity index (χ2v) is 6.01. The van der Waals surface area contributed by atoms with E-state index in [9.17, 15) is 4.39 Å². The van der Waals surface area contributed by atoms with E-state index in [0.717, 1.165) is 24.4 Å². The van der Waals surface area contributed by atoms with Gasteiger partial charge in [-0.25, -0.2) is 4.39 Å². The van der Waals surface area contributed by atoms with Gasteiger partial charge in [0.1, 0.15) is 5.82 Å². The summed E-state index contributed by atoms with van der Waals surface area (Å²) in [5.41, 5.74) is 1.12. The van der Waals surface area contributed by atoms with Gasteiger partial charge in [0.2, 0.25) is 0 Å². The van der Waals surface area contributed by atoms with E-state index in [4.69, 9.17) is 0 Å². The van der Waals surface area contributed by atoms with Crippen LogP contribution in [0.3, 0.4) is 0 Å². The lowest BCUT2D eigenvalue weighted by molar-refractivity contribution is 0.231. The van der Waals surface area contributed by atoms with Gasteiger partial charge < -0.3 is 5.32 Å². The molecule has 1 atom stereocenters. The summed E-state index contributed by atoms with van der Waals surface area (Å²) in [6.45, 7) is 5.53. The van der Waals surface area contributed by atoms with E-state index in [2.05, 4.69) is 25.2 Å². The number of nitrogens with one attached hydrogen (secondary N) is 1. The zero-order chi connectivity index (χ0) is 13.7. The third kappa shape index (κ3) is 4.04. The topological polar surface area (TPSA) is 12.0 Å². The molecule has 0 aliphatic heterocycles. The first-order chi connectivity index (χ1) is 9.20.